The predicted octanol–water partition coefficient (Wildman–Crippen LogP) is 2.74. The lowest BCUT2D eigenvalue weighted by atomic mass is 10.3. The second-order valence-electron chi connectivity index (χ2n) is 5.27. The van der Waals surface area contributed by atoms with Crippen molar-refractivity contribution in [1.29, 1.82) is 0 Å². The third-order valence-corrected chi connectivity index (χ3v) is 3.44. The first kappa shape index (κ1) is 15.5. The van der Waals surface area contributed by atoms with Crippen molar-refractivity contribution in [3.05, 3.63) is 30.1 Å². The smallest absolute Gasteiger partial charge is 0.317 e. The number of carboxylic acid groups (broad SMARTS) is 1. The fourth-order valence-electron chi connectivity index (χ4n) is 2.64. The molecular formula is C16H23N3O2. The molecular weight excluding hydrogens is 266 g/mol. The molecule has 0 aliphatic rings. The van der Waals surface area contributed by atoms with Crippen LogP contribution in [0, 0.1) is 0 Å². The molecule has 0 aliphatic carbocycles. The topological polar surface area (TPSA) is 58.4 Å². The number of nitrogens with zero attached hydrogens (tertiary/aromatic N) is 3. The summed E-state index contributed by atoms with van der Waals surface area (Å²) in [6, 6.07) is 8.08. The van der Waals surface area contributed by atoms with Gasteiger partial charge in [0.2, 0.25) is 0 Å². The minimum atomic E-state index is -0.790. The summed E-state index contributed by atoms with van der Waals surface area (Å²) in [7, 11) is 0. The van der Waals surface area contributed by atoms with Crippen molar-refractivity contribution in [3.8, 4) is 0 Å². The molecule has 1 N–H and O–H groups in total. The first-order valence-corrected chi connectivity index (χ1v) is 7.54. The predicted molar refractivity (Wildman–Crippen MR) is 83.2 cm³/mol. The van der Waals surface area contributed by atoms with Gasteiger partial charge in [-0.2, -0.15) is 0 Å². The molecule has 0 radical (unpaired) electrons. The lowest BCUT2D eigenvalue weighted by Gasteiger charge is -2.19. The number of aromatic nitrogens is 2. The highest BCUT2D eigenvalue weighted by Crippen LogP contribution is 2.18. The van der Waals surface area contributed by atoms with E-state index in [1.165, 1.54) is 0 Å². The van der Waals surface area contributed by atoms with Crippen LogP contribution in [0.5, 0.6) is 0 Å². The molecule has 21 heavy (non-hydrogen) atoms. The Bertz CT molecular complexity index is 607. The monoisotopic (exact) mass is 289 g/mol. The van der Waals surface area contributed by atoms with E-state index in [2.05, 4.69) is 29.5 Å². The van der Waals surface area contributed by atoms with Crippen LogP contribution in [0.3, 0.4) is 0 Å². The van der Waals surface area contributed by atoms with Gasteiger partial charge in [0.1, 0.15) is 5.82 Å². The zero-order valence-electron chi connectivity index (χ0n) is 12.7. The van der Waals surface area contributed by atoms with E-state index in [0.717, 1.165) is 42.8 Å². The number of aliphatic carboxylic acids is 1. The maximum absolute atomic E-state index is 11.0. The van der Waals surface area contributed by atoms with Crippen molar-refractivity contribution < 1.29 is 9.90 Å². The Labute approximate surface area is 125 Å². The zero-order valence-corrected chi connectivity index (χ0v) is 12.7. The fourth-order valence-corrected chi connectivity index (χ4v) is 2.64. The average Bonchev–Trinajstić information content (AvgIpc) is 2.77. The third kappa shape index (κ3) is 3.82. The van der Waals surface area contributed by atoms with Gasteiger partial charge in [-0.25, -0.2) is 4.98 Å². The van der Waals surface area contributed by atoms with Gasteiger partial charge in [0.05, 0.1) is 24.1 Å². The summed E-state index contributed by atoms with van der Waals surface area (Å²) in [5, 5.41) is 9.03. The molecule has 0 amide bonds. The molecule has 2 aromatic rings. The summed E-state index contributed by atoms with van der Waals surface area (Å²) < 4.78 is 2.21. The Hall–Kier alpha value is -1.88. The summed E-state index contributed by atoms with van der Waals surface area (Å²) >= 11 is 0. The molecule has 1 aromatic heterocycles. The average molecular weight is 289 g/mol. The molecule has 5 nitrogen and oxygen atoms in total. The van der Waals surface area contributed by atoms with E-state index in [4.69, 9.17) is 5.11 Å². The summed E-state index contributed by atoms with van der Waals surface area (Å²) in [5.74, 6) is 0.161. The molecule has 1 aromatic carbocycles. The van der Waals surface area contributed by atoms with Crippen LogP contribution >= 0.6 is 0 Å². The van der Waals surface area contributed by atoms with Crippen LogP contribution in [-0.2, 0) is 17.9 Å². The van der Waals surface area contributed by atoms with E-state index >= 15 is 0 Å². The maximum atomic E-state index is 11.0. The van der Waals surface area contributed by atoms with E-state index in [1.807, 2.05) is 23.1 Å². The van der Waals surface area contributed by atoms with Gasteiger partial charge in [-0.1, -0.05) is 26.0 Å². The number of para-hydroxylation sites is 2. The van der Waals surface area contributed by atoms with Crippen LogP contribution in [-0.4, -0.2) is 38.6 Å². The number of carbonyl (C=O) groups is 1. The summed E-state index contributed by atoms with van der Waals surface area (Å²) in [5.41, 5.74) is 2.11. The first-order valence-electron chi connectivity index (χ1n) is 7.54. The number of aryl methyl sites for hydroxylation is 1. The highest BCUT2D eigenvalue weighted by atomic mass is 16.4. The van der Waals surface area contributed by atoms with Gasteiger partial charge in [-0.05, 0) is 31.5 Å². The molecule has 0 bridgehead atoms. The maximum Gasteiger partial charge on any atom is 0.317 e. The zero-order chi connectivity index (χ0) is 15.2. The molecule has 0 spiro atoms. The molecule has 1 heterocycles. The molecule has 2 rings (SSSR count). The number of imidazole rings is 1. The Kier molecular flexibility index (Phi) is 5.33. The van der Waals surface area contributed by atoms with E-state index in [9.17, 15) is 4.79 Å². The summed E-state index contributed by atoms with van der Waals surface area (Å²) in [4.78, 5) is 17.6. The third-order valence-electron chi connectivity index (χ3n) is 3.44. The number of hydrogen-bond acceptors (Lipinski definition) is 3. The second kappa shape index (κ2) is 7.22. The quantitative estimate of drug-likeness (QED) is 0.812. The minimum absolute atomic E-state index is 0.0587. The normalized spacial score (nSPS) is 11.4. The Morgan fingerprint density at radius 1 is 1.29 bits per heavy atom. The summed E-state index contributed by atoms with van der Waals surface area (Å²) in [6.45, 7) is 6.51. The molecule has 0 atom stereocenters. The van der Waals surface area contributed by atoms with Gasteiger partial charge in [-0.15, -0.1) is 0 Å². The van der Waals surface area contributed by atoms with Crippen LogP contribution in [0.15, 0.2) is 24.3 Å². The Morgan fingerprint density at radius 3 is 2.71 bits per heavy atom. The molecule has 0 aliphatic heterocycles. The van der Waals surface area contributed by atoms with Crippen molar-refractivity contribution in [2.75, 3.05) is 13.1 Å². The largest absolute Gasteiger partial charge is 0.480 e. The molecule has 0 saturated heterocycles. The van der Waals surface area contributed by atoms with Crippen molar-refractivity contribution in [2.45, 2.75) is 39.8 Å². The standard InChI is InChI=1S/C16H23N3O2/c1-3-9-18(12-16(20)21)11-15-17-13-7-5-6-8-14(13)19(15)10-4-2/h5-8H,3-4,9-12H2,1-2H3,(H,20,21). The number of carboxylic acids is 1. The van der Waals surface area contributed by atoms with Crippen LogP contribution in [0.25, 0.3) is 11.0 Å². The van der Waals surface area contributed by atoms with Gasteiger partial charge >= 0.3 is 5.97 Å². The van der Waals surface area contributed by atoms with Gasteiger partial charge in [-0.3, -0.25) is 9.69 Å². The molecule has 0 saturated carbocycles. The lowest BCUT2D eigenvalue weighted by Crippen LogP contribution is -2.31. The van der Waals surface area contributed by atoms with Crippen LogP contribution in [0.1, 0.15) is 32.5 Å². The van der Waals surface area contributed by atoms with Gasteiger partial charge in [0, 0.05) is 6.54 Å². The highest BCUT2D eigenvalue weighted by Gasteiger charge is 2.15. The Morgan fingerprint density at radius 2 is 2.05 bits per heavy atom. The minimum Gasteiger partial charge on any atom is -0.480 e. The van der Waals surface area contributed by atoms with Crippen LogP contribution in [0.4, 0.5) is 0 Å². The number of fused-ring (bicyclic) bond motifs is 1. The van der Waals surface area contributed by atoms with E-state index in [-0.39, 0.29) is 6.54 Å². The highest BCUT2D eigenvalue weighted by molar-refractivity contribution is 5.76. The number of benzene rings is 1. The molecule has 114 valence electrons. The van der Waals surface area contributed by atoms with Gasteiger partial charge in [0.15, 0.2) is 0 Å². The SMILES string of the molecule is CCCN(CC(=O)O)Cc1nc2ccccc2n1CCC. The lowest BCUT2D eigenvalue weighted by molar-refractivity contribution is -0.138. The van der Waals surface area contributed by atoms with Gasteiger partial charge < -0.3 is 9.67 Å². The van der Waals surface area contributed by atoms with E-state index in [0.29, 0.717) is 6.54 Å². The summed E-state index contributed by atoms with van der Waals surface area (Å²) in [6.07, 6.45) is 1.96. The van der Waals surface area contributed by atoms with Crippen molar-refractivity contribution in [2.24, 2.45) is 0 Å². The Balaban J connectivity index is 2.30. The van der Waals surface area contributed by atoms with Crippen molar-refractivity contribution >= 4 is 17.0 Å². The molecule has 0 fully saturated rings. The molecule has 5 heteroatoms. The van der Waals surface area contributed by atoms with Crippen molar-refractivity contribution in [1.82, 2.24) is 14.5 Å². The first-order chi connectivity index (χ1) is 10.2. The van der Waals surface area contributed by atoms with Crippen molar-refractivity contribution in [3.63, 3.8) is 0 Å². The van der Waals surface area contributed by atoms with Crippen LogP contribution in [0.2, 0.25) is 0 Å². The van der Waals surface area contributed by atoms with Crippen LogP contribution < -0.4 is 0 Å². The molecule has 0 unspecified atom stereocenters. The fraction of sp³-hybridized carbons (Fsp3) is 0.500. The van der Waals surface area contributed by atoms with Gasteiger partial charge in [0.25, 0.3) is 0 Å². The van der Waals surface area contributed by atoms with E-state index in [1.54, 1.807) is 0 Å². The number of rotatable bonds is 8. The number of hydrogen-bond donors (Lipinski definition) is 1. The second-order valence-corrected chi connectivity index (χ2v) is 5.27. The van der Waals surface area contributed by atoms with E-state index < -0.39 is 5.97 Å².